The molecule has 0 fully saturated rings. The normalized spacial score (nSPS) is 15.2. The molecule has 2 aromatic carbocycles. The Balaban J connectivity index is 1.70. The Morgan fingerprint density at radius 3 is 2.73 bits per heavy atom. The summed E-state index contributed by atoms with van der Waals surface area (Å²) in [4.78, 5) is 3.64. The number of ether oxygens (including phenoxy) is 1. The van der Waals surface area contributed by atoms with E-state index in [-0.39, 0.29) is 4.90 Å². The molecule has 4 rings (SSSR count). The van der Waals surface area contributed by atoms with Crippen molar-refractivity contribution in [2.24, 2.45) is 0 Å². The smallest absolute Gasteiger partial charge is 0.243 e. The molecule has 2 heterocycles. The lowest BCUT2D eigenvalue weighted by Gasteiger charge is -2.26. The number of methoxy groups -OCH3 is 1. The van der Waals surface area contributed by atoms with Crippen LogP contribution in [0.25, 0.3) is 10.9 Å². The zero-order chi connectivity index (χ0) is 18.5. The van der Waals surface area contributed by atoms with Gasteiger partial charge in [-0.25, -0.2) is 8.42 Å². The first-order valence-electron chi connectivity index (χ1n) is 8.34. The molecule has 0 saturated carbocycles. The maximum atomic E-state index is 13.0. The summed E-state index contributed by atoms with van der Waals surface area (Å²) in [6, 6.07) is 10.7. The Morgan fingerprint density at radius 1 is 1.19 bits per heavy atom. The molecule has 0 saturated heterocycles. The van der Waals surface area contributed by atoms with Crippen molar-refractivity contribution in [1.29, 1.82) is 0 Å². The van der Waals surface area contributed by atoms with Crippen molar-refractivity contribution >= 4 is 32.5 Å². The predicted octanol–water partition coefficient (Wildman–Crippen LogP) is 3.89. The van der Waals surface area contributed by atoms with Crippen LogP contribution in [-0.2, 0) is 23.0 Å². The van der Waals surface area contributed by atoms with Crippen LogP contribution in [0.2, 0.25) is 5.02 Å². The molecular formula is C19H19ClN2O3S. The number of fused-ring (bicyclic) bond motifs is 3. The van der Waals surface area contributed by atoms with Crippen molar-refractivity contribution in [3.05, 3.63) is 58.2 Å². The number of halogens is 1. The second-order valence-corrected chi connectivity index (χ2v) is 8.84. The van der Waals surface area contributed by atoms with E-state index in [1.807, 2.05) is 18.2 Å². The molecule has 0 aliphatic carbocycles. The number of hydrogen-bond donors (Lipinski definition) is 1. The van der Waals surface area contributed by atoms with Gasteiger partial charge in [0.25, 0.3) is 0 Å². The SMILES string of the molecule is COc1ccc2[nH]c3c(c2c1)CCN(S(=O)(=O)c1ccc(Cl)c(C)c1)C3. The van der Waals surface area contributed by atoms with Crippen molar-refractivity contribution < 1.29 is 13.2 Å². The highest BCUT2D eigenvalue weighted by Crippen LogP contribution is 2.32. The maximum absolute atomic E-state index is 13.0. The van der Waals surface area contributed by atoms with Gasteiger partial charge in [0.05, 0.1) is 18.6 Å². The molecule has 0 unspecified atom stereocenters. The van der Waals surface area contributed by atoms with Gasteiger partial charge in [-0.2, -0.15) is 4.31 Å². The molecule has 136 valence electrons. The van der Waals surface area contributed by atoms with Crippen LogP contribution >= 0.6 is 11.6 Å². The Bertz CT molecular complexity index is 1110. The molecule has 1 aliphatic heterocycles. The van der Waals surface area contributed by atoms with Crippen LogP contribution in [0.3, 0.4) is 0 Å². The summed E-state index contributed by atoms with van der Waals surface area (Å²) in [7, 11) is -1.92. The van der Waals surface area contributed by atoms with Gasteiger partial charge in [0.2, 0.25) is 10.0 Å². The number of rotatable bonds is 3. The Morgan fingerprint density at radius 2 is 2.00 bits per heavy atom. The summed E-state index contributed by atoms with van der Waals surface area (Å²) in [5.41, 5.74) is 3.85. The first-order chi connectivity index (χ1) is 12.4. The third-order valence-corrected chi connectivity index (χ3v) is 7.18. The van der Waals surface area contributed by atoms with E-state index in [2.05, 4.69) is 4.98 Å². The Labute approximate surface area is 157 Å². The number of H-pyrrole nitrogens is 1. The summed E-state index contributed by atoms with van der Waals surface area (Å²) in [5.74, 6) is 0.797. The lowest BCUT2D eigenvalue weighted by molar-refractivity contribution is 0.388. The minimum absolute atomic E-state index is 0.278. The molecule has 0 spiro atoms. The van der Waals surface area contributed by atoms with Gasteiger partial charge in [-0.15, -0.1) is 0 Å². The van der Waals surface area contributed by atoms with Gasteiger partial charge in [0.15, 0.2) is 0 Å². The van der Waals surface area contributed by atoms with Crippen LogP contribution in [0, 0.1) is 6.92 Å². The molecule has 0 atom stereocenters. The van der Waals surface area contributed by atoms with Gasteiger partial charge in [-0.05, 0) is 60.9 Å². The third-order valence-electron chi connectivity index (χ3n) is 4.91. The average Bonchev–Trinajstić information content (AvgIpc) is 3.00. The van der Waals surface area contributed by atoms with Crippen LogP contribution in [0.1, 0.15) is 16.8 Å². The van der Waals surface area contributed by atoms with Crippen LogP contribution in [0.15, 0.2) is 41.3 Å². The van der Waals surface area contributed by atoms with Crippen LogP contribution in [0.5, 0.6) is 5.75 Å². The number of aromatic amines is 1. The van der Waals surface area contributed by atoms with E-state index < -0.39 is 10.0 Å². The number of nitrogens with one attached hydrogen (secondary N) is 1. The molecule has 26 heavy (non-hydrogen) atoms. The van der Waals surface area contributed by atoms with Crippen LogP contribution in [0.4, 0.5) is 0 Å². The zero-order valence-electron chi connectivity index (χ0n) is 14.5. The number of aromatic nitrogens is 1. The quantitative estimate of drug-likeness (QED) is 0.738. The number of sulfonamides is 1. The van der Waals surface area contributed by atoms with Gasteiger partial charge < -0.3 is 9.72 Å². The second kappa shape index (κ2) is 6.30. The highest BCUT2D eigenvalue weighted by molar-refractivity contribution is 7.89. The number of aryl methyl sites for hydroxylation is 1. The van der Waals surface area contributed by atoms with Crippen molar-refractivity contribution in [3.8, 4) is 5.75 Å². The largest absolute Gasteiger partial charge is 0.497 e. The van der Waals surface area contributed by atoms with Gasteiger partial charge >= 0.3 is 0 Å². The van der Waals surface area contributed by atoms with Crippen molar-refractivity contribution in [2.75, 3.05) is 13.7 Å². The fraction of sp³-hybridized carbons (Fsp3) is 0.263. The molecule has 1 N–H and O–H groups in total. The standard InChI is InChI=1S/C19H19ClN2O3S/c1-12-9-14(4-5-17(12)20)26(23,24)22-8-7-15-16-10-13(25-2)3-6-18(16)21-19(15)11-22/h3-6,9-10,21H,7-8,11H2,1-2H3. The van der Waals surface area contributed by atoms with Crippen LogP contribution in [-0.4, -0.2) is 31.4 Å². The molecule has 0 radical (unpaired) electrons. The van der Waals surface area contributed by atoms with Gasteiger partial charge in [0, 0.05) is 28.2 Å². The molecule has 0 amide bonds. The summed E-state index contributed by atoms with van der Waals surface area (Å²) >= 11 is 6.03. The molecule has 3 aromatic rings. The summed E-state index contributed by atoms with van der Waals surface area (Å²) < 4.78 is 32.9. The average molecular weight is 391 g/mol. The topological polar surface area (TPSA) is 62.4 Å². The maximum Gasteiger partial charge on any atom is 0.243 e. The van der Waals surface area contributed by atoms with Gasteiger partial charge in [-0.3, -0.25) is 0 Å². The van der Waals surface area contributed by atoms with E-state index in [0.717, 1.165) is 33.5 Å². The number of benzene rings is 2. The predicted molar refractivity (Wildman–Crippen MR) is 102 cm³/mol. The fourth-order valence-electron chi connectivity index (χ4n) is 3.45. The zero-order valence-corrected chi connectivity index (χ0v) is 16.1. The number of nitrogens with zero attached hydrogens (tertiary/aromatic N) is 1. The van der Waals surface area contributed by atoms with E-state index >= 15 is 0 Å². The minimum atomic E-state index is -3.56. The van der Waals surface area contributed by atoms with E-state index in [9.17, 15) is 8.42 Å². The van der Waals surface area contributed by atoms with E-state index in [1.165, 1.54) is 4.31 Å². The lowest BCUT2D eigenvalue weighted by Crippen LogP contribution is -2.35. The lowest BCUT2D eigenvalue weighted by atomic mass is 10.0. The molecular weight excluding hydrogens is 372 g/mol. The van der Waals surface area contributed by atoms with E-state index in [0.29, 0.717) is 24.5 Å². The molecule has 7 heteroatoms. The van der Waals surface area contributed by atoms with Crippen LogP contribution < -0.4 is 4.74 Å². The summed E-state index contributed by atoms with van der Waals surface area (Å²) in [5, 5.41) is 1.66. The second-order valence-electron chi connectivity index (χ2n) is 6.49. The van der Waals surface area contributed by atoms with E-state index in [4.69, 9.17) is 16.3 Å². The van der Waals surface area contributed by atoms with E-state index in [1.54, 1.807) is 32.2 Å². The highest BCUT2D eigenvalue weighted by Gasteiger charge is 2.30. The molecule has 1 aromatic heterocycles. The highest BCUT2D eigenvalue weighted by atomic mass is 35.5. The summed E-state index contributed by atoms with van der Waals surface area (Å²) in [6.07, 6.45) is 0.661. The number of hydrogen-bond acceptors (Lipinski definition) is 3. The molecule has 5 nitrogen and oxygen atoms in total. The van der Waals surface area contributed by atoms with Crippen molar-refractivity contribution in [2.45, 2.75) is 24.8 Å². The first-order valence-corrected chi connectivity index (χ1v) is 10.2. The van der Waals surface area contributed by atoms with Crippen molar-refractivity contribution in [1.82, 2.24) is 9.29 Å². The third kappa shape index (κ3) is 2.78. The Kier molecular flexibility index (Phi) is 4.22. The monoisotopic (exact) mass is 390 g/mol. The fourth-order valence-corrected chi connectivity index (χ4v) is 5.07. The first kappa shape index (κ1) is 17.4. The van der Waals surface area contributed by atoms with Crippen molar-refractivity contribution in [3.63, 3.8) is 0 Å². The van der Waals surface area contributed by atoms with Gasteiger partial charge in [0.1, 0.15) is 5.75 Å². The van der Waals surface area contributed by atoms with Gasteiger partial charge in [-0.1, -0.05) is 11.6 Å². The summed E-state index contributed by atoms with van der Waals surface area (Å²) in [6.45, 7) is 2.58. The molecule has 0 bridgehead atoms. The molecule has 1 aliphatic rings. The minimum Gasteiger partial charge on any atom is -0.497 e. The Hall–Kier alpha value is -2.02.